The van der Waals surface area contributed by atoms with Crippen molar-refractivity contribution in [3.63, 3.8) is 0 Å². The number of thioether (sulfide) groups is 1. The van der Waals surface area contributed by atoms with Gasteiger partial charge in [0.25, 0.3) is 5.56 Å². The Kier molecular flexibility index (Phi) is 7.72. The Morgan fingerprint density at radius 1 is 1.15 bits per heavy atom. The van der Waals surface area contributed by atoms with Crippen LogP contribution in [0.2, 0.25) is 0 Å². The van der Waals surface area contributed by atoms with Gasteiger partial charge in [-0.25, -0.2) is 8.97 Å². The van der Waals surface area contributed by atoms with Crippen molar-refractivity contribution in [1.82, 2.24) is 24.5 Å². The molecule has 10 heteroatoms. The van der Waals surface area contributed by atoms with Crippen molar-refractivity contribution >= 4 is 45.0 Å². The van der Waals surface area contributed by atoms with Gasteiger partial charge in [-0.2, -0.15) is 0 Å². The van der Waals surface area contributed by atoms with Crippen LogP contribution in [-0.4, -0.2) is 43.0 Å². The van der Waals surface area contributed by atoms with Crippen LogP contribution in [0.1, 0.15) is 42.3 Å². The molecular weight excluding hydrogens is 555 g/mol. The van der Waals surface area contributed by atoms with Gasteiger partial charge in [-0.15, -0.1) is 21.5 Å². The highest BCUT2D eigenvalue weighted by atomic mass is 32.2. The van der Waals surface area contributed by atoms with Crippen LogP contribution in [0.25, 0.3) is 21.7 Å². The molecule has 4 heterocycles. The fourth-order valence-electron chi connectivity index (χ4n) is 5.43. The van der Waals surface area contributed by atoms with Crippen LogP contribution in [0.15, 0.2) is 64.5 Å². The summed E-state index contributed by atoms with van der Waals surface area (Å²) >= 11 is 2.89. The minimum atomic E-state index is -0.101. The minimum absolute atomic E-state index is 0.00299. The van der Waals surface area contributed by atoms with Gasteiger partial charge < -0.3 is 10.1 Å². The Balaban J connectivity index is 1.38. The van der Waals surface area contributed by atoms with E-state index in [1.807, 2.05) is 60.7 Å². The summed E-state index contributed by atoms with van der Waals surface area (Å²) in [5, 5.41) is 13.3. The molecule has 1 N–H and O–H groups in total. The minimum Gasteiger partial charge on any atom is -0.372 e. The molecule has 2 aromatic carbocycles. The number of benzene rings is 2. The molecule has 6 rings (SSSR count). The highest BCUT2D eigenvalue weighted by molar-refractivity contribution is 7.99. The summed E-state index contributed by atoms with van der Waals surface area (Å²) in [4.78, 5) is 29.0. The number of rotatable bonds is 8. The fraction of sp³-hybridized carbons (Fsp3) is 0.355. The number of aryl methyl sites for hydroxylation is 1. The van der Waals surface area contributed by atoms with Gasteiger partial charge >= 0.3 is 0 Å². The van der Waals surface area contributed by atoms with Crippen LogP contribution < -0.4 is 10.9 Å². The summed E-state index contributed by atoms with van der Waals surface area (Å²) in [5.74, 6) is 0.893. The third-order valence-electron chi connectivity index (χ3n) is 7.47. The number of amides is 1. The molecular formula is C31H33N5O3S2. The van der Waals surface area contributed by atoms with Crippen LogP contribution in [-0.2, 0) is 29.0 Å². The van der Waals surface area contributed by atoms with E-state index in [4.69, 9.17) is 4.74 Å². The quantitative estimate of drug-likeness (QED) is 0.247. The van der Waals surface area contributed by atoms with Crippen molar-refractivity contribution in [2.24, 2.45) is 5.92 Å². The molecule has 0 radical (unpaired) electrons. The first-order valence-corrected chi connectivity index (χ1v) is 15.7. The van der Waals surface area contributed by atoms with Crippen molar-refractivity contribution in [3.05, 3.63) is 86.5 Å². The molecule has 1 aliphatic rings. The monoisotopic (exact) mass is 587 g/mol. The second-order valence-electron chi connectivity index (χ2n) is 11.0. The van der Waals surface area contributed by atoms with E-state index in [1.54, 1.807) is 15.9 Å². The maximum atomic E-state index is 14.2. The number of ether oxygens (including phenoxy) is 1. The molecule has 3 aromatic heterocycles. The molecule has 0 bridgehead atoms. The van der Waals surface area contributed by atoms with Gasteiger partial charge in [0.1, 0.15) is 4.83 Å². The van der Waals surface area contributed by atoms with Crippen molar-refractivity contribution < 1.29 is 9.53 Å². The fourth-order valence-corrected chi connectivity index (χ4v) is 7.47. The lowest BCUT2D eigenvalue weighted by Crippen LogP contribution is -2.35. The average Bonchev–Trinajstić information content (AvgIpc) is 3.54. The zero-order valence-corrected chi connectivity index (χ0v) is 25.2. The number of thiophene rings is 1. The molecule has 8 nitrogen and oxygen atoms in total. The van der Waals surface area contributed by atoms with Gasteiger partial charge in [-0.1, -0.05) is 68.1 Å². The smallest absolute Gasteiger partial charge is 0.268 e. The Morgan fingerprint density at radius 3 is 2.71 bits per heavy atom. The molecule has 0 saturated carbocycles. The maximum absolute atomic E-state index is 14.2. The van der Waals surface area contributed by atoms with Crippen LogP contribution in [0.3, 0.4) is 0 Å². The van der Waals surface area contributed by atoms with Crippen LogP contribution >= 0.6 is 23.1 Å². The van der Waals surface area contributed by atoms with Crippen LogP contribution in [0, 0.1) is 12.8 Å². The summed E-state index contributed by atoms with van der Waals surface area (Å²) in [6.45, 7) is 8.79. The van der Waals surface area contributed by atoms with Crippen LogP contribution in [0.4, 0.5) is 0 Å². The molecule has 0 fully saturated rings. The van der Waals surface area contributed by atoms with Crippen molar-refractivity contribution in [1.29, 1.82) is 0 Å². The van der Waals surface area contributed by atoms with Crippen LogP contribution in [0.5, 0.6) is 0 Å². The van der Waals surface area contributed by atoms with Gasteiger partial charge in [-0.05, 0) is 55.0 Å². The summed E-state index contributed by atoms with van der Waals surface area (Å²) in [5.41, 5.74) is 3.92. The average molecular weight is 588 g/mol. The van der Waals surface area contributed by atoms with E-state index in [-0.39, 0.29) is 29.4 Å². The Labute approximate surface area is 246 Å². The van der Waals surface area contributed by atoms with E-state index in [0.717, 1.165) is 32.9 Å². The Morgan fingerprint density at radius 2 is 1.95 bits per heavy atom. The molecule has 0 unspecified atom stereocenters. The number of carbonyl (C=O) groups excluding carboxylic acids is 1. The van der Waals surface area contributed by atoms with Gasteiger partial charge in [0, 0.05) is 17.3 Å². The van der Waals surface area contributed by atoms with Crippen molar-refractivity contribution in [3.8, 4) is 5.69 Å². The van der Waals surface area contributed by atoms with Crippen molar-refractivity contribution in [2.45, 2.75) is 64.4 Å². The molecule has 2 atom stereocenters. The van der Waals surface area contributed by atoms with E-state index >= 15 is 0 Å². The van der Waals surface area contributed by atoms with Gasteiger partial charge in [0.05, 0.1) is 29.5 Å². The lowest BCUT2D eigenvalue weighted by atomic mass is 9.96. The largest absolute Gasteiger partial charge is 0.372 e. The first kappa shape index (κ1) is 27.7. The standard InChI is InChI=1S/C31H33N5O3S2/c1-18(2)24-15-23-25(16-39-24)41-29-27(23)28(38)35(22-12-8-9-19(3)13-22)30-33-34-31(36(29)30)40-17-26(37)32-20(4)14-21-10-6-5-7-11-21/h5-13,18,20,24H,14-17H2,1-4H3,(H,32,37)/t20-,24+/m1/s1. The molecule has 212 valence electrons. The topological polar surface area (TPSA) is 90.5 Å². The van der Waals surface area contributed by atoms with E-state index in [0.29, 0.717) is 35.3 Å². The molecule has 1 amide bonds. The van der Waals surface area contributed by atoms with E-state index in [2.05, 4.69) is 41.5 Å². The van der Waals surface area contributed by atoms with E-state index < -0.39 is 0 Å². The normalized spacial score (nSPS) is 15.9. The van der Waals surface area contributed by atoms with E-state index in [1.165, 1.54) is 17.3 Å². The summed E-state index contributed by atoms with van der Waals surface area (Å²) < 4.78 is 9.75. The second kappa shape index (κ2) is 11.4. The highest BCUT2D eigenvalue weighted by Crippen LogP contribution is 2.37. The lowest BCUT2D eigenvalue weighted by molar-refractivity contribution is -0.119. The Bertz CT molecular complexity index is 1790. The first-order valence-electron chi connectivity index (χ1n) is 13.9. The van der Waals surface area contributed by atoms with Gasteiger partial charge in [0.15, 0.2) is 5.16 Å². The number of nitrogens with zero attached hydrogens (tertiary/aromatic N) is 4. The third-order valence-corrected chi connectivity index (χ3v) is 9.59. The van der Waals surface area contributed by atoms with Crippen molar-refractivity contribution in [2.75, 3.05) is 5.75 Å². The summed E-state index contributed by atoms with van der Waals surface area (Å²) in [6.07, 6.45) is 1.50. The summed E-state index contributed by atoms with van der Waals surface area (Å²) in [6, 6.07) is 18.0. The number of hydrogen-bond donors (Lipinski definition) is 1. The van der Waals surface area contributed by atoms with E-state index in [9.17, 15) is 9.59 Å². The second-order valence-corrected chi connectivity index (χ2v) is 13.1. The molecule has 1 aliphatic heterocycles. The molecule has 41 heavy (non-hydrogen) atoms. The first-order chi connectivity index (χ1) is 19.8. The van der Waals surface area contributed by atoms with Gasteiger partial charge in [0.2, 0.25) is 11.7 Å². The number of fused-ring (bicyclic) bond motifs is 5. The van der Waals surface area contributed by atoms with Gasteiger partial charge in [-0.3, -0.25) is 9.59 Å². The predicted octanol–water partition coefficient (Wildman–Crippen LogP) is 5.34. The number of carbonyl (C=O) groups is 1. The number of aromatic nitrogens is 4. The molecule has 5 aromatic rings. The Hall–Kier alpha value is -3.47. The summed E-state index contributed by atoms with van der Waals surface area (Å²) in [7, 11) is 0. The third kappa shape index (κ3) is 5.43. The molecule has 0 spiro atoms. The highest BCUT2D eigenvalue weighted by Gasteiger charge is 2.30. The SMILES string of the molecule is Cc1cccc(-n2c(=O)c3c4c(sc3n3c(SCC(=O)N[C@H](C)Cc5ccccc5)nnc23)CO[C@H](C(C)C)C4)c1. The molecule has 0 aliphatic carbocycles. The lowest BCUT2D eigenvalue weighted by Gasteiger charge is -2.26. The molecule has 0 saturated heterocycles. The zero-order valence-electron chi connectivity index (χ0n) is 23.6. The maximum Gasteiger partial charge on any atom is 0.268 e. The predicted molar refractivity (Wildman–Crippen MR) is 164 cm³/mol. The zero-order chi connectivity index (χ0) is 28.7. The number of nitrogens with one attached hydrogen (secondary N) is 1. The number of hydrogen-bond acceptors (Lipinski definition) is 7.